The number of hydrogen-bond acceptors (Lipinski definition) is 5. The van der Waals surface area contributed by atoms with Crippen molar-refractivity contribution in [3.63, 3.8) is 0 Å². The Hall–Kier alpha value is -2.43. The Balaban J connectivity index is 2.53. The third-order valence-electron chi connectivity index (χ3n) is 3.09. The molecule has 0 atom stereocenters. The van der Waals surface area contributed by atoms with Gasteiger partial charge in [0.15, 0.2) is 0 Å². The Kier molecular flexibility index (Phi) is 9.85. The highest BCUT2D eigenvalue weighted by molar-refractivity contribution is 5.88. The number of rotatable bonds is 10. The predicted molar refractivity (Wildman–Crippen MR) is 94.0 cm³/mol. The smallest absolute Gasteiger partial charge is 0.330 e. The van der Waals surface area contributed by atoms with Gasteiger partial charge >= 0.3 is 11.9 Å². The van der Waals surface area contributed by atoms with Crippen LogP contribution in [0.4, 0.5) is 0 Å². The summed E-state index contributed by atoms with van der Waals surface area (Å²) in [5.41, 5.74) is 1.51. The van der Waals surface area contributed by atoms with E-state index in [0.29, 0.717) is 13.2 Å². The second-order valence-corrected chi connectivity index (χ2v) is 5.26. The fourth-order valence-corrected chi connectivity index (χ4v) is 1.72. The van der Waals surface area contributed by atoms with Crippen LogP contribution in [0.25, 0.3) is 12.2 Å². The van der Waals surface area contributed by atoms with Crippen molar-refractivity contribution in [2.45, 2.75) is 39.5 Å². The summed E-state index contributed by atoms with van der Waals surface area (Å²) in [6.45, 7) is 4.93. The van der Waals surface area contributed by atoms with Crippen molar-refractivity contribution in [2.75, 3.05) is 13.2 Å². The van der Waals surface area contributed by atoms with Gasteiger partial charge in [-0.3, -0.25) is 4.98 Å². The number of pyridine rings is 1. The van der Waals surface area contributed by atoms with Crippen molar-refractivity contribution >= 4 is 24.1 Å². The van der Waals surface area contributed by atoms with E-state index in [1.807, 2.05) is 19.9 Å². The lowest BCUT2D eigenvalue weighted by molar-refractivity contribution is -0.138. The fraction of sp³-hybridized carbons (Fsp3) is 0.421. The number of hydrogen-bond donors (Lipinski definition) is 0. The summed E-state index contributed by atoms with van der Waals surface area (Å²) >= 11 is 0. The zero-order chi connectivity index (χ0) is 17.6. The predicted octanol–water partition coefficient (Wildman–Crippen LogP) is 3.79. The van der Waals surface area contributed by atoms with E-state index in [2.05, 4.69) is 4.98 Å². The molecule has 130 valence electrons. The first-order chi connectivity index (χ1) is 11.7. The summed E-state index contributed by atoms with van der Waals surface area (Å²) in [5, 5.41) is 0. The highest BCUT2D eigenvalue weighted by atomic mass is 16.5. The van der Waals surface area contributed by atoms with Gasteiger partial charge in [-0.05, 0) is 42.2 Å². The molecule has 1 heterocycles. The number of aromatic nitrogens is 1. The molecule has 1 aromatic rings. The Labute approximate surface area is 143 Å². The molecule has 0 amide bonds. The van der Waals surface area contributed by atoms with Gasteiger partial charge in [-0.1, -0.05) is 26.7 Å². The van der Waals surface area contributed by atoms with E-state index in [1.165, 1.54) is 12.2 Å². The van der Waals surface area contributed by atoms with Gasteiger partial charge in [-0.2, -0.15) is 0 Å². The van der Waals surface area contributed by atoms with Crippen LogP contribution in [-0.4, -0.2) is 30.1 Å². The van der Waals surface area contributed by atoms with Gasteiger partial charge < -0.3 is 9.47 Å². The molecule has 0 aromatic carbocycles. The lowest BCUT2D eigenvalue weighted by Crippen LogP contribution is -2.01. The molecule has 0 aliphatic rings. The maximum atomic E-state index is 11.5. The number of unbranched alkanes of at least 4 members (excludes halogenated alkanes) is 2. The number of carbonyl (C=O) groups excluding carboxylic acids is 2. The fourth-order valence-electron chi connectivity index (χ4n) is 1.72. The zero-order valence-corrected chi connectivity index (χ0v) is 14.4. The van der Waals surface area contributed by atoms with Gasteiger partial charge in [0.25, 0.3) is 0 Å². The Morgan fingerprint density at radius 3 is 1.79 bits per heavy atom. The quantitative estimate of drug-likeness (QED) is 0.371. The van der Waals surface area contributed by atoms with Crippen molar-refractivity contribution in [1.29, 1.82) is 0 Å². The third kappa shape index (κ3) is 8.88. The van der Waals surface area contributed by atoms with Gasteiger partial charge in [0.1, 0.15) is 0 Å². The molecule has 1 aromatic heterocycles. The van der Waals surface area contributed by atoms with Gasteiger partial charge in [-0.25, -0.2) is 9.59 Å². The average Bonchev–Trinajstić information content (AvgIpc) is 2.59. The van der Waals surface area contributed by atoms with Crippen LogP contribution in [0.15, 0.2) is 30.6 Å². The average molecular weight is 331 g/mol. The second kappa shape index (κ2) is 12.0. The number of esters is 2. The molecular weight excluding hydrogens is 306 g/mol. The summed E-state index contributed by atoms with van der Waals surface area (Å²) in [7, 11) is 0. The Morgan fingerprint density at radius 2 is 1.38 bits per heavy atom. The normalized spacial score (nSPS) is 11.1. The molecule has 0 N–H and O–H groups in total. The van der Waals surface area contributed by atoms with Crippen molar-refractivity contribution in [3.05, 3.63) is 41.7 Å². The minimum Gasteiger partial charge on any atom is -0.463 e. The number of nitrogens with zero attached hydrogens (tertiary/aromatic N) is 1. The van der Waals surface area contributed by atoms with Gasteiger partial charge in [-0.15, -0.1) is 0 Å². The molecule has 0 spiro atoms. The van der Waals surface area contributed by atoms with E-state index < -0.39 is 0 Å². The van der Waals surface area contributed by atoms with Crippen molar-refractivity contribution in [1.82, 2.24) is 4.98 Å². The Morgan fingerprint density at radius 1 is 0.917 bits per heavy atom. The summed E-state index contributed by atoms with van der Waals surface area (Å²) in [6, 6.07) is 1.82. The number of carbonyl (C=O) groups is 2. The van der Waals surface area contributed by atoms with E-state index in [-0.39, 0.29) is 11.9 Å². The van der Waals surface area contributed by atoms with Crippen LogP contribution in [0.1, 0.15) is 50.7 Å². The van der Waals surface area contributed by atoms with Crippen molar-refractivity contribution in [2.24, 2.45) is 0 Å². The van der Waals surface area contributed by atoms with E-state index in [1.54, 1.807) is 24.5 Å². The molecule has 1 rings (SSSR count). The summed E-state index contributed by atoms with van der Waals surface area (Å²) in [6.07, 6.45) is 13.0. The highest BCUT2D eigenvalue weighted by Crippen LogP contribution is 2.07. The maximum Gasteiger partial charge on any atom is 0.330 e. The van der Waals surface area contributed by atoms with E-state index in [0.717, 1.165) is 36.8 Å². The molecule has 0 radical (unpaired) electrons. The van der Waals surface area contributed by atoms with Crippen LogP contribution in [0.2, 0.25) is 0 Å². The number of ether oxygens (including phenoxy) is 2. The molecule has 5 nitrogen and oxygen atoms in total. The van der Waals surface area contributed by atoms with Crippen LogP contribution >= 0.6 is 0 Å². The monoisotopic (exact) mass is 331 g/mol. The highest BCUT2D eigenvalue weighted by Gasteiger charge is 1.99. The molecule has 0 aliphatic heterocycles. The van der Waals surface area contributed by atoms with Gasteiger partial charge in [0, 0.05) is 24.5 Å². The largest absolute Gasteiger partial charge is 0.463 e. The van der Waals surface area contributed by atoms with Crippen LogP contribution in [0, 0.1) is 0 Å². The summed E-state index contributed by atoms with van der Waals surface area (Å²) < 4.78 is 10.1. The topological polar surface area (TPSA) is 65.5 Å². The molecule has 24 heavy (non-hydrogen) atoms. The first-order valence-corrected chi connectivity index (χ1v) is 8.30. The minimum atomic E-state index is -0.371. The van der Waals surface area contributed by atoms with Crippen LogP contribution in [0.5, 0.6) is 0 Å². The van der Waals surface area contributed by atoms with E-state index in [9.17, 15) is 9.59 Å². The molecule has 0 fully saturated rings. The van der Waals surface area contributed by atoms with Crippen molar-refractivity contribution in [3.8, 4) is 0 Å². The molecule has 0 bridgehead atoms. The molecule has 0 saturated heterocycles. The van der Waals surface area contributed by atoms with Gasteiger partial charge in [0.2, 0.25) is 0 Å². The standard InChI is InChI=1S/C19H25NO4/c1-3-5-11-23-18(21)9-7-16-13-17(15-20-14-16)8-10-19(22)24-12-6-4-2/h7-10,13-15H,3-6,11-12H2,1-2H3/b9-7+,10-8+. The molecular formula is C19H25NO4. The third-order valence-corrected chi connectivity index (χ3v) is 3.09. The first kappa shape index (κ1) is 19.6. The molecule has 0 saturated carbocycles. The van der Waals surface area contributed by atoms with Crippen LogP contribution < -0.4 is 0 Å². The summed E-state index contributed by atoms with van der Waals surface area (Å²) in [4.78, 5) is 27.1. The van der Waals surface area contributed by atoms with Crippen LogP contribution in [-0.2, 0) is 19.1 Å². The van der Waals surface area contributed by atoms with E-state index >= 15 is 0 Å². The Bertz CT molecular complexity index is 531. The molecule has 0 unspecified atom stereocenters. The lowest BCUT2D eigenvalue weighted by atomic mass is 10.2. The maximum absolute atomic E-state index is 11.5. The zero-order valence-electron chi connectivity index (χ0n) is 14.4. The van der Waals surface area contributed by atoms with Crippen LogP contribution in [0.3, 0.4) is 0 Å². The SMILES string of the molecule is CCCCOC(=O)/C=C/c1cncc(/C=C/C(=O)OCCCC)c1. The van der Waals surface area contributed by atoms with Crippen molar-refractivity contribution < 1.29 is 19.1 Å². The molecule has 5 heteroatoms. The second-order valence-electron chi connectivity index (χ2n) is 5.26. The first-order valence-electron chi connectivity index (χ1n) is 8.30. The van der Waals surface area contributed by atoms with E-state index in [4.69, 9.17) is 9.47 Å². The van der Waals surface area contributed by atoms with Gasteiger partial charge in [0.05, 0.1) is 13.2 Å². The minimum absolute atomic E-state index is 0.371. The lowest BCUT2D eigenvalue weighted by Gasteiger charge is -2.00. The summed E-state index contributed by atoms with van der Waals surface area (Å²) in [5.74, 6) is -0.743. The molecule has 0 aliphatic carbocycles.